The fourth-order valence-electron chi connectivity index (χ4n) is 2.22. The molecule has 3 heteroatoms. The third-order valence-electron chi connectivity index (χ3n) is 3.34. The molecular weight excluding hydrogens is 250 g/mol. The summed E-state index contributed by atoms with van der Waals surface area (Å²) in [6, 6.07) is 14.1. The summed E-state index contributed by atoms with van der Waals surface area (Å²) in [6.45, 7) is 2.08. The monoisotopic (exact) mass is 269 g/mol. The number of carbonyl (C=O) groups excluding carboxylic acids is 1. The highest BCUT2D eigenvalue weighted by molar-refractivity contribution is 5.79. The quantitative estimate of drug-likeness (QED) is 0.926. The maximum absolute atomic E-state index is 11.4. The molecule has 0 atom stereocenters. The molecule has 0 fully saturated rings. The number of rotatable bonds is 4. The Bertz CT molecular complexity index is 620. The highest BCUT2D eigenvalue weighted by Gasteiger charge is 2.10. The molecule has 0 aliphatic carbocycles. The summed E-state index contributed by atoms with van der Waals surface area (Å²) in [5.41, 5.74) is 4.34. The van der Waals surface area contributed by atoms with Crippen LogP contribution >= 0.6 is 0 Å². The van der Waals surface area contributed by atoms with Crippen LogP contribution in [0.5, 0.6) is 5.75 Å². The molecule has 0 heterocycles. The molecule has 3 nitrogen and oxygen atoms in total. The predicted molar refractivity (Wildman–Crippen MR) is 80.9 cm³/mol. The number of hydrogen-bond donors (Lipinski definition) is 1. The molecule has 2 aromatic rings. The van der Waals surface area contributed by atoms with Crippen molar-refractivity contribution in [2.45, 2.75) is 13.3 Å². The fraction of sp³-hybridized carbons (Fsp3) is 0.235. The van der Waals surface area contributed by atoms with E-state index in [0.717, 1.165) is 22.4 Å². The van der Waals surface area contributed by atoms with E-state index in [4.69, 9.17) is 4.74 Å². The van der Waals surface area contributed by atoms with Gasteiger partial charge in [-0.25, -0.2) is 0 Å². The van der Waals surface area contributed by atoms with Crippen LogP contribution in [0.3, 0.4) is 0 Å². The highest BCUT2D eigenvalue weighted by atomic mass is 16.5. The summed E-state index contributed by atoms with van der Waals surface area (Å²) in [7, 11) is 3.29. The van der Waals surface area contributed by atoms with Crippen molar-refractivity contribution in [3.8, 4) is 16.9 Å². The van der Waals surface area contributed by atoms with Crippen molar-refractivity contribution in [2.75, 3.05) is 14.2 Å². The van der Waals surface area contributed by atoms with Gasteiger partial charge in [-0.2, -0.15) is 0 Å². The third-order valence-corrected chi connectivity index (χ3v) is 3.34. The predicted octanol–water partition coefficient (Wildman–Crippen LogP) is 2.96. The van der Waals surface area contributed by atoms with E-state index >= 15 is 0 Å². The molecule has 104 valence electrons. The smallest absolute Gasteiger partial charge is 0.224 e. The Hall–Kier alpha value is -2.29. The normalized spacial score (nSPS) is 10.2. The van der Waals surface area contributed by atoms with E-state index in [-0.39, 0.29) is 5.91 Å². The second-order valence-corrected chi connectivity index (χ2v) is 4.70. The number of hydrogen-bond acceptors (Lipinski definition) is 2. The molecule has 0 unspecified atom stereocenters. The number of ether oxygens (including phenoxy) is 1. The topological polar surface area (TPSA) is 38.3 Å². The van der Waals surface area contributed by atoms with Crippen LogP contribution < -0.4 is 10.1 Å². The van der Waals surface area contributed by atoms with Crippen molar-refractivity contribution in [2.24, 2.45) is 0 Å². The van der Waals surface area contributed by atoms with Gasteiger partial charge >= 0.3 is 0 Å². The van der Waals surface area contributed by atoms with Crippen LogP contribution in [0, 0.1) is 6.92 Å². The van der Waals surface area contributed by atoms with Crippen LogP contribution in [0.2, 0.25) is 0 Å². The van der Waals surface area contributed by atoms with Crippen LogP contribution in [0.25, 0.3) is 11.1 Å². The average Bonchev–Trinajstić information content (AvgIpc) is 2.47. The molecule has 1 N–H and O–H groups in total. The van der Waals surface area contributed by atoms with E-state index in [9.17, 15) is 4.79 Å². The lowest BCUT2D eigenvalue weighted by molar-refractivity contribution is -0.119. The molecule has 0 saturated heterocycles. The number of aryl methyl sites for hydroxylation is 1. The summed E-state index contributed by atoms with van der Waals surface area (Å²) in [6.07, 6.45) is 0.362. The van der Waals surface area contributed by atoms with Gasteiger partial charge in [0.2, 0.25) is 5.91 Å². The Morgan fingerprint density at radius 3 is 2.55 bits per heavy atom. The standard InChI is InChI=1S/C17H19NO2/c1-12-6-4-5-7-14(12)15-9-8-13(10-16(15)20-3)11-17(19)18-2/h4-10H,11H2,1-3H3,(H,18,19). The Morgan fingerprint density at radius 2 is 1.90 bits per heavy atom. The van der Waals surface area contributed by atoms with E-state index < -0.39 is 0 Å². The maximum atomic E-state index is 11.4. The zero-order valence-electron chi connectivity index (χ0n) is 12.1. The molecule has 0 radical (unpaired) electrons. The van der Waals surface area contributed by atoms with Crippen LogP contribution in [0.15, 0.2) is 42.5 Å². The summed E-state index contributed by atoms with van der Waals surface area (Å²) in [5, 5.41) is 2.63. The van der Waals surface area contributed by atoms with Gasteiger partial charge in [-0.1, -0.05) is 36.4 Å². The Balaban J connectivity index is 2.41. The first kappa shape index (κ1) is 14.1. The van der Waals surface area contributed by atoms with Crippen LogP contribution in [-0.4, -0.2) is 20.1 Å². The van der Waals surface area contributed by atoms with E-state index in [0.29, 0.717) is 6.42 Å². The number of methoxy groups -OCH3 is 1. The van der Waals surface area contributed by atoms with Gasteiger partial charge in [0.25, 0.3) is 0 Å². The van der Waals surface area contributed by atoms with Crippen molar-refractivity contribution in [3.05, 3.63) is 53.6 Å². The van der Waals surface area contributed by atoms with Gasteiger partial charge in [-0.05, 0) is 29.7 Å². The van der Waals surface area contributed by atoms with Gasteiger partial charge in [0, 0.05) is 12.6 Å². The van der Waals surface area contributed by atoms with E-state index in [1.54, 1.807) is 14.2 Å². The first-order valence-corrected chi connectivity index (χ1v) is 6.59. The van der Waals surface area contributed by atoms with Crippen LogP contribution in [0.4, 0.5) is 0 Å². The van der Waals surface area contributed by atoms with Crippen molar-refractivity contribution >= 4 is 5.91 Å². The Labute approximate surface area is 119 Å². The second kappa shape index (κ2) is 6.24. The van der Waals surface area contributed by atoms with Crippen molar-refractivity contribution < 1.29 is 9.53 Å². The maximum Gasteiger partial charge on any atom is 0.224 e. The zero-order valence-corrected chi connectivity index (χ0v) is 12.1. The Kier molecular flexibility index (Phi) is 4.41. The lowest BCUT2D eigenvalue weighted by Gasteiger charge is -2.12. The first-order chi connectivity index (χ1) is 9.65. The second-order valence-electron chi connectivity index (χ2n) is 4.70. The molecular formula is C17H19NO2. The molecule has 20 heavy (non-hydrogen) atoms. The largest absolute Gasteiger partial charge is 0.496 e. The van der Waals surface area contributed by atoms with Gasteiger partial charge in [0.05, 0.1) is 13.5 Å². The Morgan fingerprint density at radius 1 is 1.15 bits per heavy atom. The third kappa shape index (κ3) is 2.99. The number of benzene rings is 2. The minimum atomic E-state index is -0.00399. The van der Waals surface area contributed by atoms with Gasteiger partial charge in [0.15, 0.2) is 0 Å². The lowest BCUT2D eigenvalue weighted by Crippen LogP contribution is -2.19. The van der Waals surface area contributed by atoms with E-state index in [2.05, 4.69) is 24.4 Å². The lowest BCUT2D eigenvalue weighted by atomic mass is 9.98. The van der Waals surface area contributed by atoms with Crippen molar-refractivity contribution in [1.82, 2.24) is 5.32 Å². The van der Waals surface area contributed by atoms with Crippen molar-refractivity contribution in [1.29, 1.82) is 0 Å². The minimum absolute atomic E-state index is 0.00399. The first-order valence-electron chi connectivity index (χ1n) is 6.59. The highest BCUT2D eigenvalue weighted by Crippen LogP contribution is 2.32. The molecule has 0 spiro atoms. The molecule has 0 bridgehead atoms. The molecule has 2 rings (SSSR count). The molecule has 0 saturated carbocycles. The zero-order chi connectivity index (χ0) is 14.5. The van der Waals surface area contributed by atoms with Crippen LogP contribution in [0.1, 0.15) is 11.1 Å². The number of likely N-dealkylation sites (N-methyl/N-ethyl adjacent to an activating group) is 1. The molecule has 0 aliphatic rings. The minimum Gasteiger partial charge on any atom is -0.496 e. The van der Waals surface area contributed by atoms with Gasteiger partial charge < -0.3 is 10.1 Å². The molecule has 1 amide bonds. The summed E-state index contributed by atoms with van der Waals surface area (Å²) in [4.78, 5) is 11.4. The summed E-state index contributed by atoms with van der Waals surface area (Å²) in [5.74, 6) is 0.788. The summed E-state index contributed by atoms with van der Waals surface area (Å²) >= 11 is 0. The summed E-state index contributed by atoms with van der Waals surface area (Å²) < 4.78 is 5.48. The molecule has 0 aromatic heterocycles. The number of nitrogens with one attached hydrogen (secondary N) is 1. The van der Waals surface area contributed by atoms with E-state index in [1.165, 1.54) is 5.56 Å². The van der Waals surface area contributed by atoms with Crippen molar-refractivity contribution in [3.63, 3.8) is 0 Å². The SMILES string of the molecule is CNC(=O)Cc1ccc(-c2ccccc2C)c(OC)c1. The number of carbonyl (C=O) groups is 1. The van der Waals surface area contributed by atoms with Gasteiger partial charge in [-0.3, -0.25) is 4.79 Å². The van der Waals surface area contributed by atoms with Crippen LogP contribution in [-0.2, 0) is 11.2 Å². The molecule has 0 aliphatic heterocycles. The number of amides is 1. The van der Waals surface area contributed by atoms with Gasteiger partial charge in [-0.15, -0.1) is 0 Å². The fourth-order valence-corrected chi connectivity index (χ4v) is 2.22. The van der Waals surface area contributed by atoms with E-state index in [1.807, 2.05) is 30.3 Å². The average molecular weight is 269 g/mol. The molecule has 2 aromatic carbocycles. The van der Waals surface area contributed by atoms with Gasteiger partial charge in [0.1, 0.15) is 5.75 Å².